The molecule has 1 aliphatic rings. The molecule has 0 aliphatic carbocycles. The van der Waals surface area contributed by atoms with Crippen molar-refractivity contribution in [3.8, 4) is 11.5 Å². The van der Waals surface area contributed by atoms with Crippen molar-refractivity contribution < 1.29 is 14.3 Å². The highest BCUT2D eigenvalue weighted by atomic mass is 32.1. The second-order valence-corrected chi connectivity index (χ2v) is 7.79. The third-order valence-corrected chi connectivity index (χ3v) is 4.86. The summed E-state index contributed by atoms with van der Waals surface area (Å²) in [5.74, 6) is 1.66. The first-order valence-corrected chi connectivity index (χ1v) is 10.00. The second-order valence-electron chi connectivity index (χ2n) is 7.38. The Kier molecular flexibility index (Phi) is 6.54. The van der Waals surface area contributed by atoms with Gasteiger partial charge in [-0.05, 0) is 42.8 Å². The maximum Gasteiger partial charge on any atom is 0.193 e. The Hall–Kier alpha value is -2.86. The molecule has 5 nitrogen and oxygen atoms in total. The summed E-state index contributed by atoms with van der Waals surface area (Å²) in [6, 6.07) is 14.6. The Morgan fingerprint density at radius 2 is 1.86 bits per heavy atom. The molecule has 2 N–H and O–H groups in total. The van der Waals surface area contributed by atoms with Crippen LogP contribution < -0.4 is 20.1 Å². The summed E-state index contributed by atoms with van der Waals surface area (Å²) >= 11 is 5.35. The quantitative estimate of drug-likeness (QED) is 0.521. The molecule has 1 atom stereocenters. The largest absolute Gasteiger partial charge is 0.493 e. The van der Waals surface area contributed by atoms with Gasteiger partial charge >= 0.3 is 0 Å². The van der Waals surface area contributed by atoms with E-state index in [0.29, 0.717) is 40.3 Å². The summed E-state index contributed by atoms with van der Waals surface area (Å²) in [7, 11) is 1.61. The number of carbonyl (C=O) groups is 1. The summed E-state index contributed by atoms with van der Waals surface area (Å²) in [4.78, 5) is 13.3. The summed E-state index contributed by atoms with van der Waals surface area (Å²) in [6.07, 6.45) is 0. The fourth-order valence-electron chi connectivity index (χ4n) is 3.23. The topological polar surface area (TPSA) is 59.6 Å². The lowest BCUT2D eigenvalue weighted by molar-refractivity contribution is 0.102. The van der Waals surface area contributed by atoms with Crippen molar-refractivity contribution in [3.05, 3.63) is 70.9 Å². The van der Waals surface area contributed by atoms with Gasteiger partial charge in [0, 0.05) is 16.8 Å². The molecule has 0 amide bonds. The Morgan fingerprint density at radius 3 is 2.52 bits per heavy atom. The van der Waals surface area contributed by atoms with Crippen molar-refractivity contribution in [2.24, 2.45) is 5.92 Å². The number of thiocarbonyl (C=S) groups is 1. The molecule has 0 saturated carbocycles. The predicted molar refractivity (Wildman–Crippen MR) is 118 cm³/mol. The van der Waals surface area contributed by atoms with Crippen LogP contribution in [-0.4, -0.2) is 24.6 Å². The standard InChI is InChI=1S/C23H26N2O3S/c1-14(2)13-28-18-11-10-17(12-19(18)27-4)21-20(15(3)24-23(29)25-21)22(26)16-8-6-5-7-9-16/h5-12,14,21H,13H2,1-4H3,(H2,24,25,29). The van der Waals surface area contributed by atoms with Crippen molar-refractivity contribution in [1.29, 1.82) is 0 Å². The normalized spacial score (nSPS) is 16.3. The van der Waals surface area contributed by atoms with E-state index in [1.165, 1.54) is 0 Å². The van der Waals surface area contributed by atoms with Crippen molar-refractivity contribution >= 4 is 23.1 Å². The molecule has 0 saturated heterocycles. The fourth-order valence-corrected chi connectivity index (χ4v) is 3.50. The van der Waals surface area contributed by atoms with E-state index in [1.807, 2.05) is 55.5 Å². The molecule has 0 fully saturated rings. The number of allylic oxidation sites excluding steroid dienone is 1. The molecule has 3 rings (SSSR count). The Labute approximate surface area is 177 Å². The molecular formula is C23H26N2O3S. The van der Waals surface area contributed by atoms with Crippen LogP contribution in [0.2, 0.25) is 0 Å². The molecule has 2 aromatic carbocycles. The van der Waals surface area contributed by atoms with Crippen molar-refractivity contribution in [1.82, 2.24) is 10.6 Å². The monoisotopic (exact) mass is 410 g/mol. The molecule has 0 bridgehead atoms. The number of carbonyl (C=O) groups excluding carboxylic acids is 1. The molecule has 0 radical (unpaired) electrons. The number of ether oxygens (including phenoxy) is 2. The molecule has 152 valence electrons. The van der Waals surface area contributed by atoms with Gasteiger partial charge in [-0.2, -0.15) is 0 Å². The third kappa shape index (κ3) is 4.77. The molecule has 2 aromatic rings. The fraction of sp³-hybridized carbons (Fsp3) is 0.304. The molecule has 1 heterocycles. The van der Waals surface area contributed by atoms with Crippen LogP contribution in [0.5, 0.6) is 11.5 Å². The van der Waals surface area contributed by atoms with Gasteiger partial charge in [0.1, 0.15) is 0 Å². The molecule has 29 heavy (non-hydrogen) atoms. The Morgan fingerprint density at radius 1 is 1.14 bits per heavy atom. The van der Waals surface area contributed by atoms with Crippen LogP contribution >= 0.6 is 12.2 Å². The minimum atomic E-state index is -0.385. The van der Waals surface area contributed by atoms with Gasteiger partial charge in [0.25, 0.3) is 0 Å². The molecule has 0 spiro atoms. The van der Waals surface area contributed by atoms with E-state index in [-0.39, 0.29) is 11.8 Å². The van der Waals surface area contributed by atoms with Gasteiger partial charge in [0.15, 0.2) is 22.4 Å². The van der Waals surface area contributed by atoms with Crippen molar-refractivity contribution in [2.45, 2.75) is 26.8 Å². The SMILES string of the molecule is COc1cc(C2NC(=S)NC(C)=C2C(=O)c2ccccc2)ccc1OCC(C)C. The van der Waals surface area contributed by atoms with Gasteiger partial charge in [0.2, 0.25) is 0 Å². The Balaban J connectivity index is 1.99. The number of hydrogen-bond acceptors (Lipinski definition) is 4. The van der Waals surface area contributed by atoms with Crippen LogP contribution in [0.15, 0.2) is 59.8 Å². The van der Waals surface area contributed by atoms with E-state index in [1.54, 1.807) is 7.11 Å². The summed E-state index contributed by atoms with van der Waals surface area (Å²) < 4.78 is 11.4. The first-order chi connectivity index (χ1) is 13.9. The number of methoxy groups -OCH3 is 1. The highest BCUT2D eigenvalue weighted by molar-refractivity contribution is 7.80. The third-order valence-electron chi connectivity index (χ3n) is 4.64. The maximum absolute atomic E-state index is 13.3. The van der Waals surface area contributed by atoms with Gasteiger partial charge in [-0.1, -0.05) is 50.2 Å². The summed E-state index contributed by atoms with van der Waals surface area (Å²) in [5.41, 5.74) is 2.88. The van der Waals surface area contributed by atoms with Gasteiger partial charge in [-0.25, -0.2) is 0 Å². The number of Topliss-reactive ketones (excluding diaryl/α,β-unsaturated/α-hetero) is 1. The van der Waals surface area contributed by atoms with E-state index in [4.69, 9.17) is 21.7 Å². The average Bonchev–Trinajstić information content (AvgIpc) is 2.71. The minimum Gasteiger partial charge on any atom is -0.493 e. The highest BCUT2D eigenvalue weighted by Gasteiger charge is 2.31. The van der Waals surface area contributed by atoms with E-state index in [0.717, 1.165) is 11.3 Å². The first-order valence-electron chi connectivity index (χ1n) is 9.59. The van der Waals surface area contributed by atoms with Crippen molar-refractivity contribution in [3.63, 3.8) is 0 Å². The zero-order valence-corrected chi connectivity index (χ0v) is 17.9. The summed E-state index contributed by atoms with van der Waals surface area (Å²) in [5, 5.41) is 6.79. The van der Waals surface area contributed by atoms with Gasteiger partial charge in [-0.15, -0.1) is 0 Å². The van der Waals surface area contributed by atoms with E-state index < -0.39 is 0 Å². The highest BCUT2D eigenvalue weighted by Crippen LogP contribution is 2.35. The molecule has 6 heteroatoms. The molecule has 1 unspecified atom stereocenters. The lowest BCUT2D eigenvalue weighted by Crippen LogP contribution is -2.44. The zero-order valence-electron chi connectivity index (χ0n) is 17.1. The van der Waals surface area contributed by atoms with E-state index in [2.05, 4.69) is 24.5 Å². The number of benzene rings is 2. The Bertz CT molecular complexity index is 938. The number of nitrogens with one attached hydrogen (secondary N) is 2. The predicted octanol–water partition coefficient (Wildman–Crippen LogP) is 4.41. The van der Waals surface area contributed by atoms with Crippen LogP contribution in [-0.2, 0) is 0 Å². The van der Waals surface area contributed by atoms with Gasteiger partial charge in [0.05, 0.1) is 19.8 Å². The van der Waals surface area contributed by atoms with Crippen LogP contribution in [0.3, 0.4) is 0 Å². The number of rotatable bonds is 7. The van der Waals surface area contributed by atoms with Crippen LogP contribution in [0.25, 0.3) is 0 Å². The molecular weight excluding hydrogens is 384 g/mol. The lowest BCUT2D eigenvalue weighted by Gasteiger charge is -2.30. The average molecular weight is 411 g/mol. The van der Waals surface area contributed by atoms with Crippen LogP contribution in [0.4, 0.5) is 0 Å². The minimum absolute atomic E-state index is 0.0466. The zero-order chi connectivity index (χ0) is 21.0. The van der Waals surface area contributed by atoms with Gasteiger partial charge < -0.3 is 20.1 Å². The van der Waals surface area contributed by atoms with E-state index in [9.17, 15) is 4.79 Å². The first kappa shape index (κ1) is 20.9. The summed E-state index contributed by atoms with van der Waals surface area (Å²) in [6.45, 7) is 6.65. The number of ketones is 1. The molecule has 0 aromatic heterocycles. The van der Waals surface area contributed by atoms with Crippen LogP contribution in [0, 0.1) is 5.92 Å². The molecule has 1 aliphatic heterocycles. The van der Waals surface area contributed by atoms with Gasteiger partial charge in [-0.3, -0.25) is 4.79 Å². The van der Waals surface area contributed by atoms with Crippen molar-refractivity contribution in [2.75, 3.05) is 13.7 Å². The van der Waals surface area contributed by atoms with Crippen LogP contribution in [0.1, 0.15) is 42.7 Å². The van der Waals surface area contributed by atoms with E-state index >= 15 is 0 Å². The second kappa shape index (κ2) is 9.09. The lowest BCUT2D eigenvalue weighted by atomic mass is 9.89. The maximum atomic E-state index is 13.3. The number of hydrogen-bond donors (Lipinski definition) is 2. The smallest absolute Gasteiger partial charge is 0.193 e.